The topological polar surface area (TPSA) is 26.0 Å². The lowest BCUT2D eigenvalue weighted by molar-refractivity contribution is 0.112. The third-order valence-electron chi connectivity index (χ3n) is 9.10. The van der Waals surface area contributed by atoms with Gasteiger partial charge in [0.15, 0.2) is 0 Å². The minimum atomic E-state index is 0.205. The zero-order valence-electron chi connectivity index (χ0n) is 20.8. The van der Waals surface area contributed by atoms with E-state index in [-0.39, 0.29) is 11.5 Å². The molecule has 6 atom stereocenters. The first-order valence-corrected chi connectivity index (χ1v) is 13.1. The van der Waals surface area contributed by atoms with E-state index in [9.17, 15) is 0 Å². The molecule has 0 amide bonds. The second-order valence-corrected chi connectivity index (χ2v) is 10.7. The van der Waals surface area contributed by atoms with Gasteiger partial charge in [-0.1, -0.05) is 95.8 Å². The van der Waals surface area contributed by atoms with E-state index in [1.807, 2.05) is 0 Å². The summed E-state index contributed by atoms with van der Waals surface area (Å²) in [6.07, 6.45) is 24.2. The van der Waals surface area contributed by atoms with Crippen molar-refractivity contribution in [3.8, 4) is 0 Å². The van der Waals surface area contributed by atoms with Crippen LogP contribution in [0.1, 0.15) is 105 Å². The molecule has 0 aromatic carbocycles. The summed E-state index contributed by atoms with van der Waals surface area (Å²) in [5, 5.41) is 0. The Hall–Kier alpha value is -0.820. The van der Waals surface area contributed by atoms with E-state index in [4.69, 9.17) is 5.73 Å². The molecule has 1 nitrogen and oxygen atoms in total. The molecule has 0 radical (unpaired) electrons. The molecule has 0 aromatic rings. The van der Waals surface area contributed by atoms with E-state index in [2.05, 4.69) is 65.5 Å². The fourth-order valence-electron chi connectivity index (χ4n) is 6.44. The van der Waals surface area contributed by atoms with Gasteiger partial charge in [0, 0.05) is 6.04 Å². The van der Waals surface area contributed by atoms with E-state index in [1.54, 1.807) is 0 Å². The van der Waals surface area contributed by atoms with Crippen molar-refractivity contribution >= 4 is 0 Å². The Morgan fingerprint density at radius 2 is 1.83 bits per heavy atom. The van der Waals surface area contributed by atoms with Gasteiger partial charge in [-0.2, -0.15) is 0 Å². The largest absolute Gasteiger partial charge is 0.324 e. The van der Waals surface area contributed by atoms with Crippen molar-refractivity contribution in [3.63, 3.8) is 0 Å². The summed E-state index contributed by atoms with van der Waals surface area (Å²) in [6, 6.07) is 0.237. The highest BCUT2D eigenvalue weighted by Crippen LogP contribution is 2.48. The Morgan fingerprint density at radius 3 is 2.40 bits per heavy atom. The summed E-state index contributed by atoms with van der Waals surface area (Å²) in [5.41, 5.74) is 8.32. The van der Waals surface area contributed by atoms with Crippen molar-refractivity contribution in [3.05, 3.63) is 36.5 Å². The molecule has 2 rings (SSSR count). The van der Waals surface area contributed by atoms with Gasteiger partial charge in [0.25, 0.3) is 0 Å². The smallest absolute Gasteiger partial charge is 0.0255 e. The van der Waals surface area contributed by atoms with Crippen LogP contribution in [0, 0.1) is 35.0 Å². The second kappa shape index (κ2) is 12.3. The Balaban J connectivity index is 2.22. The summed E-state index contributed by atoms with van der Waals surface area (Å²) >= 11 is 0. The van der Waals surface area contributed by atoms with Gasteiger partial charge < -0.3 is 5.73 Å². The predicted octanol–water partition coefficient (Wildman–Crippen LogP) is 8.47. The van der Waals surface area contributed by atoms with E-state index in [0.29, 0.717) is 23.7 Å². The van der Waals surface area contributed by atoms with Gasteiger partial charge in [0.05, 0.1) is 0 Å². The Kier molecular flexibility index (Phi) is 10.4. The molecule has 1 heteroatoms. The number of nitrogens with two attached hydrogens (primary N) is 1. The number of hydrogen-bond donors (Lipinski definition) is 1. The first kappa shape index (κ1) is 25.4. The third-order valence-corrected chi connectivity index (χ3v) is 9.10. The number of hydrogen-bond acceptors (Lipinski definition) is 1. The molecule has 30 heavy (non-hydrogen) atoms. The zero-order valence-corrected chi connectivity index (χ0v) is 20.8. The van der Waals surface area contributed by atoms with Crippen LogP contribution in [0.5, 0.6) is 0 Å². The Labute approximate surface area is 188 Å². The molecule has 0 saturated heterocycles. The maximum absolute atomic E-state index is 6.76. The van der Waals surface area contributed by atoms with Gasteiger partial charge in [-0.15, -0.1) is 0 Å². The fraction of sp³-hybridized carbons (Fsp3) is 0.793. The van der Waals surface area contributed by atoms with Crippen LogP contribution in [-0.4, -0.2) is 6.04 Å². The van der Waals surface area contributed by atoms with Gasteiger partial charge >= 0.3 is 0 Å². The Morgan fingerprint density at radius 1 is 1.13 bits per heavy atom. The van der Waals surface area contributed by atoms with Crippen molar-refractivity contribution in [2.75, 3.05) is 0 Å². The summed E-state index contributed by atoms with van der Waals surface area (Å²) in [6.45, 7) is 16.0. The molecule has 2 aliphatic carbocycles. The van der Waals surface area contributed by atoms with Crippen LogP contribution in [0.3, 0.4) is 0 Å². The molecule has 4 unspecified atom stereocenters. The molecule has 2 aliphatic rings. The summed E-state index contributed by atoms with van der Waals surface area (Å²) in [5.74, 6) is 3.62. The van der Waals surface area contributed by atoms with Crippen LogP contribution in [0.15, 0.2) is 36.5 Å². The summed E-state index contributed by atoms with van der Waals surface area (Å²) < 4.78 is 0. The average molecular weight is 414 g/mol. The normalized spacial score (nSPS) is 31.0. The lowest BCUT2D eigenvalue weighted by atomic mass is 9.60. The second-order valence-electron chi connectivity index (χ2n) is 10.7. The maximum atomic E-state index is 6.76. The van der Waals surface area contributed by atoms with Gasteiger partial charge in [0.1, 0.15) is 0 Å². The van der Waals surface area contributed by atoms with Crippen molar-refractivity contribution in [2.24, 2.45) is 40.7 Å². The van der Waals surface area contributed by atoms with Crippen LogP contribution < -0.4 is 5.73 Å². The van der Waals surface area contributed by atoms with Gasteiger partial charge in [-0.3, -0.25) is 0 Å². The lowest BCUT2D eigenvalue weighted by Gasteiger charge is -2.45. The summed E-state index contributed by atoms with van der Waals surface area (Å²) in [4.78, 5) is 0. The van der Waals surface area contributed by atoms with Crippen molar-refractivity contribution in [1.82, 2.24) is 0 Å². The standard InChI is InChI=1S/C29H51N/c1-7-10-16-25(29(6,9-3)22(4)5)21-27-24(8-2)18-20-28(30)26(27)19-17-23-14-12-11-13-15-23/h7,10,18,20,23-28H,4,8-9,11-17,19,21,30H2,1-3,5-6H3/b10-7+/t24?,25?,26?,27?,28-,29+/m0/s1. The SMILES string of the molecule is C=C(C)[C@@](C)(CC)C(C/C=C/C)CC1C(CC)C=C[C@H](N)C1CCC1CCCCC1. The van der Waals surface area contributed by atoms with E-state index in [0.717, 1.165) is 12.3 Å². The minimum absolute atomic E-state index is 0.205. The third kappa shape index (κ3) is 6.35. The van der Waals surface area contributed by atoms with Crippen LogP contribution in [0.2, 0.25) is 0 Å². The molecule has 2 N–H and O–H groups in total. The van der Waals surface area contributed by atoms with E-state index in [1.165, 1.54) is 69.8 Å². The van der Waals surface area contributed by atoms with Crippen LogP contribution in [-0.2, 0) is 0 Å². The predicted molar refractivity (Wildman–Crippen MR) is 134 cm³/mol. The molecule has 0 spiro atoms. The monoisotopic (exact) mass is 413 g/mol. The minimum Gasteiger partial charge on any atom is -0.324 e. The molecule has 0 aliphatic heterocycles. The quantitative estimate of drug-likeness (QED) is 0.338. The molecule has 0 bridgehead atoms. The summed E-state index contributed by atoms with van der Waals surface area (Å²) in [7, 11) is 0. The van der Waals surface area contributed by atoms with Crippen LogP contribution in [0.25, 0.3) is 0 Å². The molecular weight excluding hydrogens is 362 g/mol. The highest BCUT2D eigenvalue weighted by molar-refractivity contribution is 5.12. The highest BCUT2D eigenvalue weighted by atomic mass is 14.7. The molecule has 1 fully saturated rings. The van der Waals surface area contributed by atoms with E-state index < -0.39 is 0 Å². The van der Waals surface area contributed by atoms with Crippen molar-refractivity contribution in [2.45, 2.75) is 111 Å². The van der Waals surface area contributed by atoms with Gasteiger partial charge in [-0.25, -0.2) is 0 Å². The van der Waals surface area contributed by atoms with Gasteiger partial charge in [0.2, 0.25) is 0 Å². The molecular formula is C29H51N. The first-order valence-electron chi connectivity index (χ1n) is 13.1. The zero-order chi connectivity index (χ0) is 22.1. The van der Waals surface area contributed by atoms with Gasteiger partial charge in [-0.05, 0) is 81.0 Å². The average Bonchev–Trinajstić information content (AvgIpc) is 2.76. The maximum Gasteiger partial charge on any atom is 0.0255 e. The van der Waals surface area contributed by atoms with Crippen LogP contribution in [0.4, 0.5) is 0 Å². The van der Waals surface area contributed by atoms with E-state index >= 15 is 0 Å². The Bertz CT molecular complexity index is 567. The molecule has 0 aromatic heterocycles. The molecule has 172 valence electrons. The number of allylic oxidation sites excluding steroid dienone is 4. The molecule has 0 heterocycles. The fourth-order valence-corrected chi connectivity index (χ4v) is 6.44. The van der Waals surface area contributed by atoms with Crippen molar-refractivity contribution < 1.29 is 0 Å². The highest BCUT2D eigenvalue weighted by Gasteiger charge is 2.40. The lowest BCUT2D eigenvalue weighted by Crippen LogP contribution is -2.42. The molecule has 1 saturated carbocycles. The first-order chi connectivity index (χ1) is 14.4. The van der Waals surface area contributed by atoms with Crippen molar-refractivity contribution in [1.29, 1.82) is 0 Å². The number of rotatable bonds is 11. The van der Waals surface area contributed by atoms with Crippen LogP contribution >= 0.6 is 0 Å².